The Kier molecular flexibility index (Phi) is 3.39. The maximum atomic E-state index is 13.3. The zero-order valence-electron chi connectivity index (χ0n) is 14.9. The first kappa shape index (κ1) is 15.6. The molecule has 1 saturated heterocycles. The molecule has 0 aromatic carbocycles. The van der Waals surface area contributed by atoms with Crippen LogP contribution in [0.1, 0.15) is 42.1 Å². The van der Waals surface area contributed by atoms with E-state index in [1.807, 2.05) is 30.5 Å². The number of nitrogens with one attached hydrogen (secondary N) is 1. The van der Waals surface area contributed by atoms with Crippen LogP contribution in [0.4, 0.5) is 0 Å². The summed E-state index contributed by atoms with van der Waals surface area (Å²) in [5, 5.41) is 1.19. The van der Waals surface area contributed by atoms with E-state index in [-0.39, 0.29) is 11.3 Å². The van der Waals surface area contributed by atoms with Gasteiger partial charge in [0.1, 0.15) is 5.65 Å². The standard InChI is InChI=1S/C21H22N4O/c1-14-18(16-5-4-11-23-19(16)24-14)15-7-12-25(13-15)20(26)21(8-9-21)17-6-2-3-10-22-17/h2-6,10-11,15H,7-9,12-13H2,1H3,(H,23,24)/t15-/m1/s1. The van der Waals surface area contributed by atoms with Gasteiger partial charge in [-0.1, -0.05) is 6.07 Å². The summed E-state index contributed by atoms with van der Waals surface area (Å²) in [7, 11) is 0. The fourth-order valence-corrected chi connectivity index (χ4v) is 4.53. The minimum absolute atomic E-state index is 0.259. The molecule has 26 heavy (non-hydrogen) atoms. The van der Waals surface area contributed by atoms with Crippen LogP contribution >= 0.6 is 0 Å². The third-order valence-electron chi connectivity index (χ3n) is 6.01. The number of rotatable bonds is 3. The van der Waals surface area contributed by atoms with Crippen LogP contribution in [0.15, 0.2) is 42.7 Å². The van der Waals surface area contributed by atoms with Crippen molar-refractivity contribution in [2.24, 2.45) is 0 Å². The predicted octanol–water partition coefficient (Wildman–Crippen LogP) is 3.31. The van der Waals surface area contributed by atoms with Crippen molar-refractivity contribution in [2.75, 3.05) is 13.1 Å². The van der Waals surface area contributed by atoms with Crippen molar-refractivity contribution >= 4 is 16.9 Å². The molecule has 0 spiro atoms. The number of aromatic amines is 1. The lowest BCUT2D eigenvalue weighted by Crippen LogP contribution is -2.38. The van der Waals surface area contributed by atoms with Crippen molar-refractivity contribution in [3.05, 3.63) is 59.7 Å². The van der Waals surface area contributed by atoms with E-state index in [1.165, 1.54) is 16.6 Å². The molecule has 2 aliphatic rings. The van der Waals surface area contributed by atoms with E-state index in [1.54, 1.807) is 6.20 Å². The van der Waals surface area contributed by atoms with Gasteiger partial charge in [-0.05, 0) is 56.0 Å². The molecule has 5 rings (SSSR count). The third kappa shape index (κ3) is 2.26. The van der Waals surface area contributed by atoms with Crippen LogP contribution in [-0.2, 0) is 10.2 Å². The van der Waals surface area contributed by atoms with Gasteiger partial charge < -0.3 is 9.88 Å². The number of hydrogen-bond acceptors (Lipinski definition) is 3. The van der Waals surface area contributed by atoms with Crippen molar-refractivity contribution in [3.8, 4) is 0 Å². The number of H-pyrrole nitrogens is 1. The van der Waals surface area contributed by atoms with E-state index in [2.05, 4.69) is 32.8 Å². The van der Waals surface area contributed by atoms with E-state index >= 15 is 0 Å². The van der Waals surface area contributed by atoms with E-state index in [0.717, 1.165) is 43.7 Å². The minimum atomic E-state index is -0.368. The van der Waals surface area contributed by atoms with Crippen LogP contribution in [0.25, 0.3) is 11.0 Å². The van der Waals surface area contributed by atoms with Crippen LogP contribution in [0.2, 0.25) is 0 Å². The average molecular weight is 346 g/mol. The lowest BCUT2D eigenvalue weighted by molar-refractivity contribution is -0.133. The number of fused-ring (bicyclic) bond motifs is 1. The van der Waals surface area contributed by atoms with Gasteiger partial charge in [0.25, 0.3) is 0 Å². The summed E-state index contributed by atoms with van der Waals surface area (Å²) in [6.45, 7) is 3.72. The number of pyridine rings is 2. The van der Waals surface area contributed by atoms with Gasteiger partial charge in [-0.2, -0.15) is 0 Å². The number of carbonyl (C=O) groups is 1. The summed E-state index contributed by atoms with van der Waals surface area (Å²) < 4.78 is 0. The fourth-order valence-electron chi connectivity index (χ4n) is 4.53. The highest BCUT2D eigenvalue weighted by Crippen LogP contribution is 2.49. The Morgan fingerprint density at radius 2 is 2.04 bits per heavy atom. The zero-order chi connectivity index (χ0) is 17.7. The van der Waals surface area contributed by atoms with E-state index in [0.29, 0.717) is 5.92 Å². The number of amides is 1. The van der Waals surface area contributed by atoms with Crippen molar-refractivity contribution in [1.82, 2.24) is 19.9 Å². The lowest BCUT2D eigenvalue weighted by atomic mass is 9.96. The van der Waals surface area contributed by atoms with Gasteiger partial charge in [0.2, 0.25) is 5.91 Å². The summed E-state index contributed by atoms with van der Waals surface area (Å²) in [6, 6.07) is 9.99. The Morgan fingerprint density at radius 1 is 1.19 bits per heavy atom. The van der Waals surface area contributed by atoms with Crippen molar-refractivity contribution in [2.45, 2.75) is 37.5 Å². The maximum absolute atomic E-state index is 13.3. The Bertz CT molecular complexity index is 974. The van der Waals surface area contributed by atoms with Crippen molar-refractivity contribution in [3.63, 3.8) is 0 Å². The fraction of sp³-hybridized carbons (Fsp3) is 0.381. The monoisotopic (exact) mass is 346 g/mol. The summed E-state index contributed by atoms with van der Waals surface area (Å²) >= 11 is 0. The summed E-state index contributed by atoms with van der Waals surface area (Å²) in [5.74, 6) is 0.630. The Hall–Kier alpha value is -2.69. The van der Waals surface area contributed by atoms with Crippen LogP contribution in [0, 0.1) is 6.92 Å². The second kappa shape index (κ2) is 5.66. The van der Waals surface area contributed by atoms with Gasteiger partial charge in [0.05, 0.1) is 11.1 Å². The van der Waals surface area contributed by atoms with Gasteiger partial charge in [-0.15, -0.1) is 0 Å². The topological polar surface area (TPSA) is 61.9 Å². The number of carbonyl (C=O) groups excluding carboxylic acids is 1. The molecule has 5 heteroatoms. The molecule has 3 aromatic rings. The number of aryl methyl sites for hydroxylation is 1. The average Bonchev–Trinajstić information content (AvgIpc) is 3.22. The van der Waals surface area contributed by atoms with E-state index in [9.17, 15) is 4.79 Å². The number of likely N-dealkylation sites (tertiary alicyclic amines) is 1. The molecule has 1 saturated carbocycles. The molecular formula is C21H22N4O. The number of aromatic nitrogens is 3. The normalized spacial score (nSPS) is 21.3. The highest BCUT2D eigenvalue weighted by molar-refractivity contribution is 5.91. The van der Waals surface area contributed by atoms with E-state index in [4.69, 9.17) is 0 Å². The molecule has 4 heterocycles. The zero-order valence-corrected chi connectivity index (χ0v) is 14.9. The van der Waals surface area contributed by atoms with Crippen LogP contribution in [0.3, 0.4) is 0 Å². The number of nitrogens with zero attached hydrogens (tertiary/aromatic N) is 3. The van der Waals surface area contributed by atoms with Gasteiger partial charge >= 0.3 is 0 Å². The first-order valence-corrected chi connectivity index (χ1v) is 9.33. The highest BCUT2D eigenvalue weighted by atomic mass is 16.2. The van der Waals surface area contributed by atoms with Gasteiger partial charge in [0.15, 0.2) is 0 Å². The van der Waals surface area contributed by atoms with Crippen LogP contribution in [0.5, 0.6) is 0 Å². The third-order valence-corrected chi connectivity index (χ3v) is 6.01. The van der Waals surface area contributed by atoms with Gasteiger partial charge in [-0.25, -0.2) is 4.98 Å². The summed E-state index contributed by atoms with van der Waals surface area (Å²) in [5.41, 5.74) is 4.00. The largest absolute Gasteiger partial charge is 0.343 e. The minimum Gasteiger partial charge on any atom is -0.343 e. The SMILES string of the molecule is Cc1[nH]c2ncccc2c1[C@@H]1CCN(C(=O)C2(c3ccccn3)CC2)C1. The van der Waals surface area contributed by atoms with E-state index < -0.39 is 0 Å². The highest BCUT2D eigenvalue weighted by Gasteiger charge is 2.55. The molecule has 132 valence electrons. The lowest BCUT2D eigenvalue weighted by Gasteiger charge is -2.23. The molecule has 1 N–H and O–H groups in total. The smallest absolute Gasteiger partial charge is 0.234 e. The van der Waals surface area contributed by atoms with Gasteiger partial charge in [-0.3, -0.25) is 9.78 Å². The van der Waals surface area contributed by atoms with Crippen molar-refractivity contribution in [1.29, 1.82) is 0 Å². The quantitative estimate of drug-likeness (QED) is 0.791. The molecular weight excluding hydrogens is 324 g/mol. The predicted molar refractivity (Wildman–Crippen MR) is 99.9 cm³/mol. The second-order valence-electron chi connectivity index (χ2n) is 7.60. The second-order valence-corrected chi connectivity index (χ2v) is 7.60. The first-order chi connectivity index (χ1) is 12.7. The molecule has 1 amide bonds. The summed E-state index contributed by atoms with van der Waals surface area (Å²) in [6.07, 6.45) is 6.45. The van der Waals surface area contributed by atoms with Crippen molar-refractivity contribution < 1.29 is 4.79 Å². The maximum Gasteiger partial charge on any atom is 0.234 e. The Morgan fingerprint density at radius 3 is 2.81 bits per heavy atom. The molecule has 0 unspecified atom stereocenters. The van der Waals surface area contributed by atoms with Crippen LogP contribution < -0.4 is 0 Å². The van der Waals surface area contributed by atoms with Crippen LogP contribution in [-0.4, -0.2) is 38.8 Å². The first-order valence-electron chi connectivity index (χ1n) is 9.33. The molecule has 5 nitrogen and oxygen atoms in total. The molecule has 1 aliphatic heterocycles. The van der Waals surface area contributed by atoms with Gasteiger partial charge in [0, 0.05) is 42.5 Å². The molecule has 2 fully saturated rings. The Labute approximate surface area is 152 Å². The molecule has 1 atom stereocenters. The summed E-state index contributed by atoms with van der Waals surface area (Å²) in [4.78, 5) is 27.6. The Balaban J connectivity index is 1.41. The molecule has 0 bridgehead atoms. The molecule has 0 radical (unpaired) electrons. The molecule has 3 aromatic heterocycles. The number of hydrogen-bond donors (Lipinski definition) is 1. The molecule has 1 aliphatic carbocycles.